The molecular weight excluding hydrogens is 244 g/mol. The van der Waals surface area contributed by atoms with Crippen LogP contribution in [0.3, 0.4) is 0 Å². The summed E-state index contributed by atoms with van der Waals surface area (Å²) in [5.74, 6) is -0.331. The van der Waals surface area contributed by atoms with E-state index in [1.54, 1.807) is 4.90 Å². The van der Waals surface area contributed by atoms with Gasteiger partial charge in [-0.25, -0.2) is 0 Å². The summed E-state index contributed by atoms with van der Waals surface area (Å²) in [6.45, 7) is 8.49. The van der Waals surface area contributed by atoms with E-state index in [1.165, 1.54) is 0 Å². The number of carbonyl (C=O) groups excluding carboxylic acids is 1. The molecule has 0 aromatic rings. The number of unbranched alkanes of at least 4 members (excludes halogenated alkanes) is 1. The van der Waals surface area contributed by atoms with Crippen LogP contribution in [0.25, 0.3) is 0 Å². The van der Waals surface area contributed by atoms with Gasteiger partial charge < -0.3 is 10.0 Å². The van der Waals surface area contributed by atoms with Crippen molar-refractivity contribution in [2.45, 2.75) is 40.0 Å². The highest BCUT2D eigenvalue weighted by Crippen LogP contribution is 2.02. The highest BCUT2D eigenvalue weighted by molar-refractivity contribution is 5.78. The molecule has 0 aromatic heterocycles. The van der Waals surface area contributed by atoms with Crippen LogP contribution >= 0.6 is 0 Å². The van der Waals surface area contributed by atoms with E-state index in [2.05, 4.69) is 20.8 Å². The lowest BCUT2D eigenvalue weighted by Gasteiger charge is -2.26. The average Bonchev–Trinajstić information content (AvgIpc) is 2.32. The average molecular weight is 272 g/mol. The number of amides is 1. The molecule has 19 heavy (non-hydrogen) atoms. The normalized spacial score (nSPS) is 11.1. The van der Waals surface area contributed by atoms with Crippen LogP contribution in [0.2, 0.25) is 0 Å². The SMILES string of the molecule is CCCCN(C)C(=O)CN(CCC(=O)O)CC(C)C. The molecule has 0 aliphatic rings. The quantitative estimate of drug-likeness (QED) is 0.657. The van der Waals surface area contributed by atoms with Gasteiger partial charge in [-0.2, -0.15) is 0 Å². The number of carboxylic acid groups (broad SMARTS) is 1. The van der Waals surface area contributed by atoms with Crippen molar-refractivity contribution in [3.8, 4) is 0 Å². The molecule has 0 atom stereocenters. The minimum absolute atomic E-state index is 0.0690. The molecule has 0 spiro atoms. The van der Waals surface area contributed by atoms with Gasteiger partial charge >= 0.3 is 5.97 Å². The predicted octanol–water partition coefficient (Wildman–Crippen LogP) is 1.68. The van der Waals surface area contributed by atoms with E-state index in [0.29, 0.717) is 19.0 Å². The Morgan fingerprint density at radius 2 is 1.84 bits per heavy atom. The Morgan fingerprint density at radius 1 is 1.21 bits per heavy atom. The summed E-state index contributed by atoms with van der Waals surface area (Å²) in [6.07, 6.45) is 2.15. The van der Waals surface area contributed by atoms with E-state index < -0.39 is 5.97 Å². The Balaban J connectivity index is 4.28. The molecule has 112 valence electrons. The molecule has 0 unspecified atom stereocenters. The van der Waals surface area contributed by atoms with Crippen LogP contribution in [0, 0.1) is 5.92 Å². The van der Waals surface area contributed by atoms with Crippen LogP contribution in [-0.2, 0) is 9.59 Å². The summed E-state index contributed by atoms with van der Waals surface area (Å²) in [5.41, 5.74) is 0. The molecule has 5 heteroatoms. The zero-order valence-electron chi connectivity index (χ0n) is 12.7. The molecule has 0 bridgehead atoms. The predicted molar refractivity (Wildman–Crippen MR) is 76.1 cm³/mol. The fourth-order valence-electron chi connectivity index (χ4n) is 1.84. The standard InChI is InChI=1S/C14H28N2O3/c1-5-6-8-15(4)13(17)11-16(10-12(2)3)9-7-14(18)19/h12H,5-11H2,1-4H3,(H,18,19). The molecule has 1 amide bonds. The molecule has 0 rings (SSSR count). The van der Waals surface area contributed by atoms with Crippen molar-refractivity contribution in [2.24, 2.45) is 5.92 Å². The van der Waals surface area contributed by atoms with Crippen LogP contribution < -0.4 is 0 Å². The minimum Gasteiger partial charge on any atom is -0.481 e. The molecule has 0 fully saturated rings. The zero-order chi connectivity index (χ0) is 14.8. The largest absolute Gasteiger partial charge is 0.481 e. The third-order valence-corrected chi connectivity index (χ3v) is 2.90. The van der Waals surface area contributed by atoms with Gasteiger partial charge in [0.2, 0.25) is 5.91 Å². The Bertz CT molecular complexity index is 280. The number of carboxylic acids is 1. The van der Waals surface area contributed by atoms with Crippen LogP contribution in [0.5, 0.6) is 0 Å². The highest BCUT2D eigenvalue weighted by Gasteiger charge is 2.16. The van der Waals surface area contributed by atoms with E-state index in [1.807, 2.05) is 11.9 Å². The second kappa shape index (κ2) is 9.78. The van der Waals surface area contributed by atoms with Crippen molar-refractivity contribution in [2.75, 3.05) is 33.2 Å². The fraction of sp³-hybridized carbons (Fsp3) is 0.857. The maximum atomic E-state index is 12.0. The van der Waals surface area contributed by atoms with Gasteiger partial charge in [-0.1, -0.05) is 27.2 Å². The van der Waals surface area contributed by atoms with Gasteiger partial charge in [-0.3, -0.25) is 14.5 Å². The molecular formula is C14H28N2O3. The molecule has 0 radical (unpaired) electrons. The van der Waals surface area contributed by atoms with Gasteiger partial charge in [0.1, 0.15) is 0 Å². The minimum atomic E-state index is -0.819. The van der Waals surface area contributed by atoms with Crippen LogP contribution in [0.1, 0.15) is 40.0 Å². The summed E-state index contributed by atoms with van der Waals surface area (Å²) < 4.78 is 0. The van der Waals surface area contributed by atoms with Gasteiger partial charge in [0, 0.05) is 26.7 Å². The van der Waals surface area contributed by atoms with Crippen molar-refractivity contribution in [3.63, 3.8) is 0 Å². The van der Waals surface area contributed by atoms with Crippen molar-refractivity contribution < 1.29 is 14.7 Å². The maximum absolute atomic E-state index is 12.0. The number of aliphatic carboxylic acids is 1. The number of likely N-dealkylation sites (N-methyl/N-ethyl adjacent to an activating group) is 1. The third kappa shape index (κ3) is 9.47. The molecule has 1 N–H and O–H groups in total. The first kappa shape index (κ1) is 17.9. The van der Waals surface area contributed by atoms with Crippen molar-refractivity contribution in [3.05, 3.63) is 0 Å². The van der Waals surface area contributed by atoms with Gasteiger partial charge in [0.05, 0.1) is 13.0 Å². The Hall–Kier alpha value is -1.10. The lowest BCUT2D eigenvalue weighted by atomic mass is 10.2. The van der Waals surface area contributed by atoms with E-state index in [0.717, 1.165) is 25.9 Å². The highest BCUT2D eigenvalue weighted by atomic mass is 16.4. The fourth-order valence-corrected chi connectivity index (χ4v) is 1.84. The molecule has 0 heterocycles. The van der Waals surface area contributed by atoms with Crippen LogP contribution in [-0.4, -0.2) is 60.0 Å². The van der Waals surface area contributed by atoms with Crippen LogP contribution in [0.4, 0.5) is 0 Å². The Kier molecular flexibility index (Phi) is 9.21. The topological polar surface area (TPSA) is 60.9 Å². The first-order chi connectivity index (χ1) is 8.86. The van der Waals surface area contributed by atoms with Crippen molar-refractivity contribution in [1.29, 1.82) is 0 Å². The first-order valence-corrected chi connectivity index (χ1v) is 7.04. The molecule has 0 aliphatic carbocycles. The molecule has 0 aromatic carbocycles. The molecule has 0 saturated heterocycles. The second-order valence-corrected chi connectivity index (χ2v) is 5.44. The molecule has 5 nitrogen and oxygen atoms in total. The molecule has 0 saturated carbocycles. The number of hydrogen-bond donors (Lipinski definition) is 1. The number of rotatable bonds is 10. The summed E-state index contributed by atoms with van der Waals surface area (Å²) in [5, 5.41) is 8.73. The van der Waals surface area contributed by atoms with E-state index in [-0.39, 0.29) is 12.3 Å². The maximum Gasteiger partial charge on any atom is 0.304 e. The smallest absolute Gasteiger partial charge is 0.304 e. The summed E-state index contributed by atoms with van der Waals surface area (Å²) in [4.78, 5) is 26.3. The van der Waals surface area contributed by atoms with E-state index >= 15 is 0 Å². The summed E-state index contributed by atoms with van der Waals surface area (Å²) in [7, 11) is 1.81. The lowest BCUT2D eigenvalue weighted by Crippen LogP contribution is -2.41. The van der Waals surface area contributed by atoms with Gasteiger partial charge in [-0.05, 0) is 12.3 Å². The Morgan fingerprint density at radius 3 is 2.32 bits per heavy atom. The zero-order valence-corrected chi connectivity index (χ0v) is 12.7. The third-order valence-electron chi connectivity index (χ3n) is 2.90. The Labute approximate surface area is 116 Å². The van der Waals surface area contributed by atoms with Gasteiger partial charge in [0.25, 0.3) is 0 Å². The van der Waals surface area contributed by atoms with E-state index in [9.17, 15) is 9.59 Å². The van der Waals surface area contributed by atoms with Gasteiger partial charge in [-0.15, -0.1) is 0 Å². The second-order valence-electron chi connectivity index (χ2n) is 5.44. The first-order valence-electron chi connectivity index (χ1n) is 7.04. The number of carbonyl (C=O) groups is 2. The number of nitrogens with zero attached hydrogens (tertiary/aromatic N) is 2. The van der Waals surface area contributed by atoms with E-state index in [4.69, 9.17) is 5.11 Å². The number of hydrogen-bond acceptors (Lipinski definition) is 3. The van der Waals surface area contributed by atoms with Crippen molar-refractivity contribution >= 4 is 11.9 Å². The van der Waals surface area contributed by atoms with Crippen molar-refractivity contribution in [1.82, 2.24) is 9.80 Å². The summed E-state index contributed by atoms with van der Waals surface area (Å²) >= 11 is 0. The summed E-state index contributed by atoms with van der Waals surface area (Å²) in [6, 6.07) is 0. The van der Waals surface area contributed by atoms with Crippen LogP contribution in [0.15, 0.2) is 0 Å². The monoisotopic (exact) mass is 272 g/mol. The molecule has 0 aliphatic heterocycles. The lowest BCUT2D eigenvalue weighted by molar-refractivity contribution is -0.138. The van der Waals surface area contributed by atoms with Gasteiger partial charge in [0.15, 0.2) is 0 Å².